The zero-order valence-corrected chi connectivity index (χ0v) is 12.2. The number of H-pyrrole nitrogens is 1. The number of nitrogens with one attached hydrogen (secondary N) is 2. The van der Waals surface area contributed by atoms with Gasteiger partial charge in [-0.05, 0) is 19.1 Å². The first-order valence-electron chi connectivity index (χ1n) is 6.72. The molecule has 0 fully saturated rings. The van der Waals surface area contributed by atoms with Gasteiger partial charge in [-0.25, -0.2) is 4.98 Å². The molecule has 0 unspecified atom stereocenters. The highest BCUT2D eigenvalue weighted by molar-refractivity contribution is 5.77. The van der Waals surface area contributed by atoms with Gasteiger partial charge in [0, 0.05) is 24.9 Å². The van der Waals surface area contributed by atoms with E-state index in [-0.39, 0.29) is 12.5 Å². The number of aryl methyl sites for hydroxylation is 1. The van der Waals surface area contributed by atoms with Crippen LogP contribution in [-0.2, 0) is 11.2 Å². The number of amides is 1. The molecule has 1 aromatic heterocycles. The number of rotatable bonds is 7. The molecule has 112 valence electrons. The zero-order chi connectivity index (χ0) is 15.1. The predicted molar refractivity (Wildman–Crippen MR) is 78.5 cm³/mol. The molecule has 1 aromatic carbocycles. The van der Waals surface area contributed by atoms with Gasteiger partial charge in [-0.2, -0.15) is 0 Å². The molecule has 0 radical (unpaired) electrons. The molecule has 6 nitrogen and oxygen atoms in total. The van der Waals surface area contributed by atoms with E-state index in [1.165, 1.54) is 0 Å². The van der Waals surface area contributed by atoms with Crippen LogP contribution in [-0.4, -0.2) is 36.1 Å². The van der Waals surface area contributed by atoms with E-state index < -0.39 is 0 Å². The number of hydrogen-bond acceptors (Lipinski definition) is 4. The summed E-state index contributed by atoms with van der Waals surface area (Å²) in [4.78, 5) is 18.9. The summed E-state index contributed by atoms with van der Waals surface area (Å²) in [5, 5.41) is 2.80. The predicted octanol–water partition coefficient (Wildman–Crippen LogP) is 1.46. The summed E-state index contributed by atoms with van der Waals surface area (Å²) in [6.07, 6.45) is 2.48. The molecule has 6 heteroatoms. The third-order valence-electron chi connectivity index (χ3n) is 2.90. The van der Waals surface area contributed by atoms with Crippen LogP contribution in [0.1, 0.15) is 11.5 Å². The zero-order valence-electron chi connectivity index (χ0n) is 12.2. The van der Waals surface area contributed by atoms with Gasteiger partial charge in [0.1, 0.15) is 5.82 Å². The van der Waals surface area contributed by atoms with Crippen LogP contribution < -0.4 is 14.8 Å². The van der Waals surface area contributed by atoms with Crippen LogP contribution in [0.2, 0.25) is 0 Å². The topological polar surface area (TPSA) is 76.2 Å². The van der Waals surface area contributed by atoms with Gasteiger partial charge in [0.15, 0.2) is 18.1 Å². The quantitative estimate of drug-likeness (QED) is 0.809. The summed E-state index contributed by atoms with van der Waals surface area (Å²) in [7, 11) is 1.56. The molecule has 1 amide bonds. The van der Waals surface area contributed by atoms with Crippen LogP contribution in [0, 0.1) is 6.92 Å². The molecule has 0 aliphatic rings. The van der Waals surface area contributed by atoms with Crippen molar-refractivity contribution < 1.29 is 14.3 Å². The van der Waals surface area contributed by atoms with Crippen molar-refractivity contribution in [3.63, 3.8) is 0 Å². The fourth-order valence-electron chi connectivity index (χ4n) is 1.87. The van der Waals surface area contributed by atoms with Crippen LogP contribution in [0.25, 0.3) is 0 Å². The molecular weight excluding hydrogens is 270 g/mol. The highest BCUT2D eigenvalue weighted by Crippen LogP contribution is 2.25. The maximum Gasteiger partial charge on any atom is 0.257 e. The standard InChI is InChI=1S/C15H19N3O3/c1-11-17-9-12(18-11)7-8-16-15(19)10-21-14-6-4-3-5-13(14)20-2/h3-6,9H,7-8,10H2,1-2H3,(H,16,19)(H,17,18). The average molecular weight is 289 g/mol. The third-order valence-corrected chi connectivity index (χ3v) is 2.90. The Bertz CT molecular complexity index is 595. The van der Waals surface area contributed by atoms with E-state index in [0.29, 0.717) is 24.5 Å². The monoisotopic (exact) mass is 289 g/mol. The lowest BCUT2D eigenvalue weighted by Gasteiger charge is -2.10. The lowest BCUT2D eigenvalue weighted by Crippen LogP contribution is -2.30. The SMILES string of the molecule is COc1ccccc1OCC(=O)NCCc1cnc(C)[nH]1. The summed E-state index contributed by atoms with van der Waals surface area (Å²) >= 11 is 0. The van der Waals surface area contributed by atoms with Gasteiger partial charge in [-0.1, -0.05) is 12.1 Å². The Hall–Kier alpha value is -2.50. The first-order valence-corrected chi connectivity index (χ1v) is 6.72. The fraction of sp³-hybridized carbons (Fsp3) is 0.333. The van der Waals surface area contributed by atoms with Crippen molar-refractivity contribution in [1.82, 2.24) is 15.3 Å². The van der Waals surface area contributed by atoms with Crippen LogP contribution in [0.5, 0.6) is 11.5 Å². The average Bonchev–Trinajstić information content (AvgIpc) is 2.91. The largest absolute Gasteiger partial charge is 0.493 e. The van der Waals surface area contributed by atoms with Crippen molar-refractivity contribution >= 4 is 5.91 Å². The lowest BCUT2D eigenvalue weighted by molar-refractivity contribution is -0.123. The number of aromatic nitrogens is 2. The van der Waals surface area contributed by atoms with E-state index in [1.54, 1.807) is 25.4 Å². The Labute approximate surface area is 123 Å². The summed E-state index contributed by atoms with van der Waals surface area (Å²) in [5.74, 6) is 1.87. The minimum Gasteiger partial charge on any atom is -0.493 e. The molecule has 2 rings (SSSR count). The molecule has 21 heavy (non-hydrogen) atoms. The number of hydrogen-bond donors (Lipinski definition) is 2. The van der Waals surface area contributed by atoms with Crippen molar-refractivity contribution in [3.8, 4) is 11.5 Å². The van der Waals surface area contributed by atoms with Crippen molar-refractivity contribution in [2.24, 2.45) is 0 Å². The van der Waals surface area contributed by atoms with Crippen molar-refractivity contribution in [2.75, 3.05) is 20.3 Å². The normalized spacial score (nSPS) is 10.2. The van der Waals surface area contributed by atoms with Crippen LogP contribution >= 0.6 is 0 Å². The first-order chi connectivity index (χ1) is 10.2. The smallest absolute Gasteiger partial charge is 0.257 e. The summed E-state index contributed by atoms with van der Waals surface area (Å²) in [6, 6.07) is 7.22. The molecule has 1 heterocycles. The fourth-order valence-corrected chi connectivity index (χ4v) is 1.87. The molecule has 2 N–H and O–H groups in total. The molecule has 0 spiro atoms. The highest BCUT2D eigenvalue weighted by Gasteiger charge is 2.06. The lowest BCUT2D eigenvalue weighted by atomic mass is 10.3. The van der Waals surface area contributed by atoms with Crippen LogP contribution in [0.3, 0.4) is 0 Å². The Morgan fingerprint density at radius 3 is 2.76 bits per heavy atom. The Balaban J connectivity index is 1.72. The number of para-hydroxylation sites is 2. The summed E-state index contributed by atoms with van der Waals surface area (Å²) < 4.78 is 10.6. The van der Waals surface area contributed by atoms with E-state index in [4.69, 9.17) is 9.47 Å². The first kappa shape index (κ1) is 14.9. The number of carbonyl (C=O) groups excluding carboxylic acids is 1. The molecule has 0 atom stereocenters. The Morgan fingerprint density at radius 2 is 2.10 bits per heavy atom. The molecular formula is C15H19N3O3. The number of benzene rings is 1. The van der Waals surface area contributed by atoms with E-state index >= 15 is 0 Å². The third kappa shape index (κ3) is 4.52. The van der Waals surface area contributed by atoms with E-state index in [9.17, 15) is 4.79 Å². The van der Waals surface area contributed by atoms with Crippen molar-refractivity contribution in [3.05, 3.63) is 42.0 Å². The minimum absolute atomic E-state index is 0.0393. The molecule has 0 saturated carbocycles. The number of imidazole rings is 1. The maximum absolute atomic E-state index is 11.7. The number of methoxy groups -OCH3 is 1. The van der Waals surface area contributed by atoms with Gasteiger partial charge in [-0.15, -0.1) is 0 Å². The molecule has 0 bridgehead atoms. The Morgan fingerprint density at radius 1 is 1.33 bits per heavy atom. The molecule has 2 aromatic rings. The second-order valence-corrected chi connectivity index (χ2v) is 4.53. The minimum atomic E-state index is -0.169. The van der Waals surface area contributed by atoms with Gasteiger partial charge < -0.3 is 19.8 Å². The number of nitrogens with zero attached hydrogens (tertiary/aromatic N) is 1. The van der Waals surface area contributed by atoms with Crippen LogP contribution in [0.4, 0.5) is 0 Å². The Kier molecular flexibility index (Phi) is 5.20. The number of ether oxygens (including phenoxy) is 2. The number of aromatic amines is 1. The van der Waals surface area contributed by atoms with E-state index in [0.717, 1.165) is 11.5 Å². The molecule has 0 saturated heterocycles. The van der Waals surface area contributed by atoms with Crippen molar-refractivity contribution in [2.45, 2.75) is 13.3 Å². The maximum atomic E-state index is 11.7. The van der Waals surface area contributed by atoms with Gasteiger partial charge >= 0.3 is 0 Å². The van der Waals surface area contributed by atoms with E-state index in [2.05, 4.69) is 15.3 Å². The van der Waals surface area contributed by atoms with Gasteiger partial charge in [-0.3, -0.25) is 4.79 Å². The molecule has 0 aliphatic heterocycles. The molecule has 0 aliphatic carbocycles. The second-order valence-electron chi connectivity index (χ2n) is 4.53. The summed E-state index contributed by atoms with van der Waals surface area (Å²) in [5.41, 5.74) is 0.999. The number of carbonyl (C=O) groups is 1. The van der Waals surface area contributed by atoms with E-state index in [1.807, 2.05) is 19.1 Å². The van der Waals surface area contributed by atoms with Crippen LogP contribution in [0.15, 0.2) is 30.5 Å². The summed E-state index contributed by atoms with van der Waals surface area (Å²) in [6.45, 7) is 2.39. The highest BCUT2D eigenvalue weighted by atomic mass is 16.5. The van der Waals surface area contributed by atoms with Gasteiger partial charge in [0.2, 0.25) is 0 Å². The van der Waals surface area contributed by atoms with Gasteiger partial charge in [0.05, 0.1) is 7.11 Å². The van der Waals surface area contributed by atoms with Crippen molar-refractivity contribution in [1.29, 1.82) is 0 Å². The van der Waals surface area contributed by atoms with Gasteiger partial charge in [0.25, 0.3) is 5.91 Å². The second kappa shape index (κ2) is 7.33.